The summed E-state index contributed by atoms with van der Waals surface area (Å²) in [5, 5.41) is 9.11. The lowest BCUT2D eigenvalue weighted by molar-refractivity contribution is -0.157. The van der Waals surface area contributed by atoms with Gasteiger partial charge in [-0.3, -0.25) is 4.79 Å². The van der Waals surface area contributed by atoms with Gasteiger partial charge in [0, 0.05) is 0 Å². The second-order valence-corrected chi connectivity index (χ2v) is 2.39. The van der Waals surface area contributed by atoms with Crippen molar-refractivity contribution >= 4 is 11.9 Å². The fourth-order valence-electron chi connectivity index (χ4n) is 0.587. The minimum Gasteiger partial charge on any atom is -0.464 e. The molecule has 2 atom stereocenters. The van der Waals surface area contributed by atoms with E-state index in [4.69, 9.17) is 10.8 Å². The van der Waals surface area contributed by atoms with Crippen molar-refractivity contribution in [2.45, 2.75) is 20.0 Å². The Kier molecular flexibility index (Phi) is 4.28. The Balaban J connectivity index is 4.09. The van der Waals surface area contributed by atoms with E-state index in [1.165, 1.54) is 6.92 Å². The third kappa shape index (κ3) is 2.87. The van der Waals surface area contributed by atoms with Crippen molar-refractivity contribution in [2.75, 3.05) is 6.61 Å². The van der Waals surface area contributed by atoms with Crippen LogP contribution in [0.3, 0.4) is 0 Å². The summed E-state index contributed by atoms with van der Waals surface area (Å²) < 4.78 is 4.48. The molecule has 5 heteroatoms. The van der Waals surface area contributed by atoms with Gasteiger partial charge in [0.15, 0.2) is 6.10 Å². The zero-order valence-corrected chi connectivity index (χ0v) is 7.11. The molecule has 0 radical (unpaired) electrons. The quantitative estimate of drug-likeness (QED) is 0.538. The zero-order valence-electron chi connectivity index (χ0n) is 7.11. The van der Waals surface area contributed by atoms with Crippen molar-refractivity contribution in [3.63, 3.8) is 0 Å². The monoisotopic (exact) mass is 175 g/mol. The van der Waals surface area contributed by atoms with Crippen molar-refractivity contribution in [2.24, 2.45) is 11.7 Å². The van der Waals surface area contributed by atoms with Crippen molar-refractivity contribution in [1.82, 2.24) is 0 Å². The molecule has 0 unspecified atom stereocenters. The minimum absolute atomic E-state index is 0.168. The number of hydrogen-bond acceptors (Lipinski definition) is 4. The molecule has 12 heavy (non-hydrogen) atoms. The van der Waals surface area contributed by atoms with E-state index in [0.29, 0.717) is 0 Å². The highest BCUT2D eigenvalue weighted by atomic mass is 16.5. The number of amides is 1. The van der Waals surface area contributed by atoms with Crippen LogP contribution in [0, 0.1) is 5.92 Å². The van der Waals surface area contributed by atoms with Crippen molar-refractivity contribution in [1.29, 1.82) is 0 Å². The molecule has 0 aliphatic carbocycles. The molecule has 0 fully saturated rings. The first-order chi connectivity index (χ1) is 5.50. The van der Waals surface area contributed by atoms with Gasteiger partial charge in [-0.15, -0.1) is 0 Å². The molecule has 0 aliphatic rings. The number of esters is 1. The summed E-state index contributed by atoms with van der Waals surface area (Å²) in [5.41, 5.74) is 4.86. The molecule has 0 saturated carbocycles. The van der Waals surface area contributed by atoms with E-state index in [0.717, 1.165) is 0 Å². The molecule has 0 aromatic carbocycles. The molecular weight excluding hydrogens is 162 g/mol. The van der Waals surface area contributed by atoms with Crippen LogP contribution in [0.1, 0.15) is 13.8 Å². The van der Waals surface area contributed by atoms with Crippen LogP contribution < -0.4 is 5.73 Å². The first-order valence-corrected chi connectivity index (χ1v) is 3.64. The van der Waals surface area contributed by atoms with Gasteiger partial charge in [0.05, 0.1) is 12.5 Å². The maximum absolute atomic E-state index is 10.8. The fourth-order valence-corrected chi connectivity index (χ4v) is 0.587. The van der Waals surface area contributed by atoms with E-state index < -0.39 is 23.9 Å². The summed E-state index contributed by atoms with van der Waals surface area (Å²) in [5.74, 6) is -2.46. The summed E-state index contributed by atoms with van der Waals surface area (Å²) in [6.45, 7) is 3.14. The number of primary amides is 1. The van der Waals surface area contributed by atoms with Crippen LogP contribution in [0.2, 0.25) is 0 Å². The number of ether oxygens (including phenoxy) is 1. The van der Waals surface area contributed by atoms with Crippen LogP contribution in [0.25, 0.3) is 0 Å². The maximum atomic E-state index is 10.8. The van der Waals surface area contributed by atoms with Gasteiger partial charge in [0.1, 0.15) is 0 Å². The lowest BCUT2D eigenvalue weighted by Crippen LogP contribution is -2.37. The van der Waals surface area contributed by atoms with E-state index in [-0.39, 0.29) is 6.61 Å². The second-order valence-electron chi connectivity index (χ2n) is 2.39. The lowest BCUT2D eigenvalue weighted by Gasteiger charge is -2.13. The Hall–Kier alpha value is -1.10. The number of rotatable bonds is 4. The number of carbonyl (C=O) groups excluding carboxylic acids is 2. The molecule has 0 aliphatic heterocycles. The standard InChI is InChI=1S/C7H13NO4/c1-3-12-7(11)5(9)4(2)6(8)10/h4-5,9H,3H2,1-2H3,(H2,8,10)/t4-,5-/m0/s1. The van der Waals surface area contributed by atoms with Gasteiger partial charge in [0.2, 0.25) is 5.91 Å². The third-order valence-corrected chi connectivity index (χ3v) is 1.45. The van der Waals surface area contributed by atoms with E-state index in [1.54, 1.807) is 6.92 Å². The molecule has 0 bridgehead atoms. The Morgan fingerprint density at radius 2 is 2.08 bits per heavy atom. The van der Waals surface area contributed by atoms with Crippen LogP contribution in [-0.4, -0.2) is 29.7 Å². The normalized spacial score (nSPS) is 14.9. The Bertz CT molecular complexity index is 180. The summed E-state index contributed by atoms with van der Waals surface area (Å²) in [4.78, 5) is 21.3. The number of nitrogens with two attached hydrogens (primary N) is 1. The SMILES string of the molecule is CCOC(=O)[C@@H](O)[C@H](C)C(N)=O. The third-order valence-electron chi connectivity index (χ3n) is 1.45. The largest absolute Gasteiger partial charge is 0.464 e. The molecule has 0 aromatic heterocycles. The van der Waals surface area contributed by atoms with Crippen LogP contribution in [0.15, 0.2) is 0 Å². The smallest absolute Gasteiger partial charge is 0.335 e. The highest BCUT2D eigenvalue weighted by Gasteiger charge is 2.27. The number of carbonyl (C=O) groups is 2. The summed E-state index contributed by atoms with van der Waals surface area (Å²) >= 11 is 0. The first kappa shape index (κ1) is 10.9. The molecular formula is C7H13NO4. The second kappa shape index (κ2) is 4.71. The highest BCUT2D eigenvalue weighted by molar-refractivity contribution is 5.85. The maximum Gasteiger partial charge on any atom is 0.335 e. The van der Waals surface area contributed by atoms with Crippen LogP contribution in [0.5, 0.6) is 0 Å². The van der Waals surface area contributed by atoms with Gasteiger partial charge < -0.3 is 15.6 Å². The Morgan fingerprint density at radius 1 is 1.58 bits per heavy atom. The van der Waals surface area contributed by atoms with E-state index in [9.17, 15) is 9.59 Å². The van der Waals surface area contributed by atoms with Crippen LogP contribution in [-0.2, 0) is 14.3 Å². The average Bonchev–Trinajstić information content (AvgIpc) is 2.02. The predicted molar refractivity (Wildman–Crippen MR) is 41.0 cm³/mol. The summed E-state index contributed by atoms with van der Waals surface area (Å²) in [6.07, 6.45) is -1.46. The molecule has 5 nitrogen and oxygen atoms in total. The molecule has 0 heterocycles. The van der Waals surface area contributed by atoms with Crippen molar-refractivity contribution in [3.8, 4) is 0 Å². The van der Waals surface area contributed by atoms with Gasteiger partial charge in [-0.1, -0.05) is 6.92 Å². The van der Waals surface area contributed by atoms with Gasteiger partial charge in [-0.25, -0.2) is 4.79 Å². The van der Waals surface area contributed by atoms with Gasteiger partial charge in [0.25, 0.3) is 0 Å². The topological polar surface area (TPSA) is 89.6 Å². The number of aliphatic hydroxyl groups excluding tert-OH is 1. The molecule has 0 saturated heterocycles. The number of hydrogen-bond donors (Lipinski definition) is 2. The molecule has 1 amide bonds. The molecule has 0 aromatic rings. The highest BCUT2D eigenvalue weighted by Crippen LogP contribution is 2.03. The van der Waals surface area contributed by atoms with Crippen LogP contribution >= 0.6 is 0 Å². The minimum atomic E-state index is -1.46. The fraction of sp³-hybridized carbons (Fsp3) is 0.714. The van der Waals surface area contributed by atoms with E-state index in [1.807, 2.05) is 0 Å². The Morgan fingerprint density at radius 3 is 2.42 bits per heavy atom. The molecule has 3 N–H and O–H groups in total. The van der Waals surface area contributed by atoms with Gasteiger partial charge in [-0.05, 0) is 6.92 Å². The van der Waals surface area contributed by atoms with Crippen molar-refractivity contribution in [3.05, 3.63) is 0 Å². The average molecular weight is 175 g/mol. The first-order valence-electron chi connectivity index (χ1n) is 3.64. The lowest BCUT2D eigenvalue weighted by atomic mass is 10.1. The summed E-state index contributed by atoms with van der Waals surface area (Å²) in [6, 6.07) is 0. The van der Waals surface area contributed by atoms with Crippen LogP contribution in [0.4, 0.5) is 0 Å². The van der Waals surface area contributed by atoms with Gasteiger partial charge in [-0.2, -0.15) is 0 Å². The Labute approximate surface area is 70.5 Å². The van der Waals surface area contributed by atoms with E-state index in [2.05, 4.69) is 4.74 Å². The predicted octanol–water partition coefficient (Wildman–Crippen LogP) is -0.968. The summed E-state index contributed by atoms with van der Waals surface area (Å²) in [7, 11) is 0. The molecule has 0 rings (SSSR count). The van der Waals surface area contributed by atoms with Gasteiger partial charge >= 0.3 is 5.97 Å². The number of aliphatic hydroxyl groups is 1. The van der Waals surface area contributed by atoms with Crippen molar-refractivity contribution < 1.29 is 19.4 Å². The molecule has 70 valence electrons. The van der Waals surface area contributed by atoms with E-state index >= 15 is 0 Å². The molecule has 0 spiro atoms. The zero-order chi connectivity index (χ0) is 9.72.